The summed E-state index contributed by atoms with van der Waals surface area (Å²) in [5, 5.41) is 0.364. The average Bonchev–Trinajstić information content (AvgIpc) is 2.34. The summed E-state index contributed by atoms with van der Waals surface area (Å²) in [4.78, 5) is 0. The third kappa shape index (κ3) is 5.13. The topological polar surface area (TPSA) is 9.23 Å². The number of hydrogen-bond donors (Lipinski definition) is 0. The Hall–Kier alpha value is 0.177. The first-order valence-electron chi connectivity index (χ1n) is 7.85. The molecule has 102 valence electrons. The van der Waals surface area contributed by atoms with Gasteiger partial charge in [0.05, 0.1) is 14.0 Å². The molecule has 0 bridgehead atoms. The van der Waals surface area contributed by atoms with Gasteiger partial charge >= 0.3 is 0 Å². The van der Waals surface area contributed by atoms with E-state index < -0.39 is 8.80 Å². The molecule has 0 aliphatic carbocycles. The highest BCUT2D eigenvalue weighted by Crippen LogP contribution is 2.32. The van der Waals surface area contributed by atoms with Crippen molar-refractivity contribution in [2.45, 2.75) is 89.5 Å². The van der Waals surface area contributed by atoms with Crippen molar-refractivity contribution in [2.75, 3.05) is 6.61 Å². The molecule has 0 aromatic carbocycles. The van der Waals surface area contributed by atoms with Crippen molar-refractivity contribution in [3.63, 3.8) is 0 Å². The van der Waals surface area contributed by atoms with E-state index in [0.717, 1.165) is 6.61 Å². The van der Waals surface area contributed by atoms with Crippen molar-refractivity contribution in [3.8, 4) is 0 Å². The molecule has 0 radical (unpaired) electrons. The van der Waals surface area contributed by atoms with Gasteiger partial charge < -0.3 is 4.74 Å². The van der Waals surface area contributed by atoms with E-state index in [2.05, 4.69) is 20.0 Å². The van der Waals surface area contributed by atoms with Crippen molar-refractivity contribution in [2.24, 2.45) is 0 Å². The Balaban J connectivity index is 2.20. The van der Waals surface area contributed by atoms with E-state index >= 15 is 0 Å². The summed E-state index contributed by atoms with van der Waals surface area (Å²) in [7, 11) is -0.675. The van der Waals surface area contributed by atoms with E-state index in [1.165, 1.54) is 64.2 Å². The van der Waals surface area contributed by atoms with Gasteiger partial charge in [0.25, 0.3) is 0 Å². The van der Waals surface area contributed by atoms with Crippen molar-refractivity contribution in [1.82, 2.24) is 0 Å². The van der Waals surface area contributed by atoms with Gasteiger partial charge in [-0.3, -0.25) is 0 Å². The Morgan fingerprint density at radius 1 is 1.00 bits per heavy atom. The summed E-state index contributed by atoms with van der Waals surface area (Å²) >= 11 is 0. The molecule has 1 fully saturated rings. The molecule has 1 atom stereocenters. The lowest BCUT2D eigenvalue weighted by Gasteiger charge is -2.40. The standard InChI is InChI=1S/C15H32OSi/c1-4-5-6-7-8-9-12-15(17(2)3)13-10-11-14-16-15/h17H,4-14H2,1-3H3. The zero-order valence-corrected chi connectivity index (χ0v) is 13.4. The molecule has 1 nitrogen and oxygen atoms in total. The van der Waals surface area contributed by atoms with E-state index in [-0.39, 0.29) is 0 Å². The Bertz CT molecular complexity index is 185. The van der Waals surface area contributed by atoms with Crippen LogP contribution in [0.25, 0.3) is 0 Å². The van der Waals surface area contributed by atoms with Crippen LogP contribution < -0.4 is 0 Å². The predicted molar refractivity (Wildman–Crippen MR) is 79.4 cm³/mol. The summed E-state index contributed by atoms with van der Waals surface area (Å²) in [5.41, 5.74) is 0. The molecule has 1 unspecified atom stereocenters. The maximum absolute atomic E-state index is 6.22. The molecule has 2 heteroatoms. The van der Waals surface area contributed by atoms with Gasteiger partial charge in [-0.15, -0.1) is 0 Å². The minimum atomic E-state index is -0.675. The largest absolute Gasteiger partial charge is 0.379 e. The van der Waals surface area contributed by atoms with Crippen LogP contribution in [0.4, 0.5) is 0 Å². The van der Waals surface area contributed by atoms with Gasteiger partial charge in [-0.25, -0.2) is 0 Å². The molecule has 1 aliphatic heterocycles. The zero-order valence-electron chi connectivity index (χ0n) is 12.3. The van der Waals surface area contributed by atoms with Gasteiger partial charge in [0.2, 0.25) is 0 Å². The first-order valence-corrected chi connectivity index (χ1v) is 10.7. The molecule has 1 heterocycles. The van der Waals surface area contributed by atoms with Crippen molar-refractivity contribution in [1.29, 1.82) is 0 Å². The second kappa shape index (κ2) is 8.31. The van der Waals surface area contributed by atoms with E-state index in [1.54, 1.807) is 0 Å². The van der Waals surface area contributed by atoms with Crippen molar-refractivity contribution >= 4 is 8.80 Å². The monoisotopic (exact) mass is 256 g/mol. The fraction of sp³-hybridized carbons (Fsp3) is 1.00. The molecular weight excluding hydrogens is 224 g/mol. The Morgan fingerprint density at radius 3 is 2.29 bits per heavy atom. The second-order valence-corrected chi connectivity index (χ2v) is 9.40. The summed E-state index contributed by atoms with van der Waals surface area (Å²) in [6, 6.07) is 0. The van der Waals surface area contributed by atoms with E-state index in [1.807, 2.05) is 0 Å². The van der Waals surface area contributed by atoms with Gasteiger partial charge in [-0.1, -0.05) is 58.5 Å². The lowest BCUT2D eigenvalue weighted by Crippen LogP contribution is -2.47. The highest BCUT2D eigenvalue weighted by molar-refractivity contribution is 6.59. The molecule has 0 spiro atoms. The SMILES string of the molecule is CCCCCCCCC1([SiH](C)C)CCCCO1. The lowest BCUT2D eigenvalue weighted by molar-refractivity contribution is -0.0292. The van der Waals surface area contributed by atoms with Crippen LogP contribution in [0, 0.1) is 0 Å². The molecule has 0 amide bonds. The lowest BCUT2D eigenvalue weighted by atomic mass is 10.0. The molecule has 0 aromatic rings. The highest BCUT2D eigenvalue weighted by Gasteiger charge is 2.36. The first kappa shape index (κ1) is 15.2. The average molecular weight is 257 g/mol. The third-order valence-corrected chi connectivity index (χ3v) is 7.24. The maximum atomic E-state index is 6.22. The molecule has 1 rings (SSSR count). The molecule has 0 N–H and O–H groups in total. The Labute approximate surface area is 110 Å². The quantitative estimate of drug-likeness (QED) is 0.452. The number of hydrogen-bond acceptors (Lipinski definition) is 1. The molecule has 1 aliphatic rings. The number of rotatable bonds is 8. The third-order valence-electron chi connectivity index (χ3n) is 4.39. The van der Waals surface area contributed by atoms with Crippen molar-refractivity contribution in [3.05, 3.63) is 0 Å². The van der Waals surface area contributed by atoms with E-state index in [9.17, 15) is 0 Å². The molecule has 1 saturated heterocycles. The number of unbranched alkanes of at least 4 members (excludes halogenated alkanes) is 5. The predicted octanol–water partition coefficient (Wildman–Crippen LogP) is 4.70. The minimum absolute atomic E-state index is 0.364. The van der Waals surface area contributed by atoms with Gasteiger partial charge in [0.1, 0.15) is 0 Å². The summed E-state index contributed by atoms with van der Waals surface area (Å²) < 4.78 is 6.22. The van der Waals surface area contributed by atoms with Gasteiger partial charge in [-0.2, -0.15) is 0 Å². The summed E-state index contributed by atoms with van der Waals surface area (Å²) in [6.45, 7) is 8.26. The molecular formula is C15H32OSi. The van der Waals surface area contributed by atoms with Gasteiger partial charge in [-0.05, 0) is 25.7 Å². The second-order valence-electron chi connectivity index (χ2n) is 6.04. The van der Waals surface area contributed by atoms with Gasteiger partial charge in [0, 0.05) is 6.61 Å². The van der Waals surface area contributed by atoms with Crippen LogP contribution in [0.3, 0.4) is 0 Å². The molecule has 17 heavy (non-hydrogen) atoms. The van der Waals surface area contributed by atoms with Crippen LogP contribution in [-0.2, 0) is 4.74 Å². The Kier molecular flexibility index (Phi) is 7.45. The normalized spacial score (nSPS) is 25.4. The van der Waals surface area contributed by atoms with Crippen LogP contribution in [0.5, 0.6) is 0 Å². The van der Waals surface area contributed by atoms with Gasteiger partial charge in [0.15, 0.2) is 0 Å². The molecule has 0 aromatic heterocycles. The van der Waals surface area contributed by atoms with Crippen LogP contribution in [-0.4, -0.2) is 20.6 Å². The van der Waals surface area contributed by atoms with Crippen LogP contribution in [0.15, 0.2) is 0 Å². The van der Waals surface area contributed by atoms with E-state index in [4.69, 9.17) is 4.74 Å². The fourth-order valence-corrected chi connectivity index (χ4v) is 5.03. The summed E-state index contributed by atoms with van der Waals surface area (Å²) in [6.07, 6.45) is 13.9. The van der Waals surface area contributed by atoms with E-state index in [0.29, 0.717) is 5.22 Å². The highest BCUT2D eigenvalue weighted by atomic mass is 28.3. The smallest absolute Gasteiger partial charge is 0.0695 e. The van der Waals surface area contributed by atoms with Crippen molar-refractivity contribution < 1.29 is 4.74 Å². The first-order chi connectivity index (χ1) is 8.21. The maximum Gasteiger partial charge on any atom is 0.0695 e. The number of ether oxygens (including phenoxy) is 1. The fourth-order valence-electron chi connectivity index (χ4n) is 3.02. The zero-order chi connectivity index (χ0) is 12.6. The molecule has 0 saturated carbocycles. The Morgan fingerprint density at radius 2 is 1.71 bits per heavy atom. The van der Waals surface area contributed by atoms with Crippen LogP contribution in [0.2, 0.25) is 13.1 Å². The minimum Gasteiger partial charge on any atom is -0.379 e. The summed E-state index contributed by atoms with van der Waals surface area (Å²) in [5.74, 6) is 0. The van der Waals surface area contributed by atoms with Crippen LogP contribution in [0.1, 0.15) is 71.1 Å². The van der Waals surface area contributed by atoms with Crippen LogP contribution >= 0.6 is 0 Å².